The van der Waals surface area contributed by atoms with Crippen molar-refractivity contribution in [2.24, 2.45) is 25.9 Å². The summed E-state index contributed by atoms with van der Waals surface area (Å²) < 4.78 is 30.9. The molecule has 5 atom stereocenters. The van der Waals surface area contributed by atoms with E-state index >= 15 is 0 Å². The van der Waals surface area contributed by atoms with Crippen molar-refractivity contribution in [2.75, 3.05) is 46.2 Å². The molecule has 37 heteroatoms. The molecule has 16 rings (SSSR count). The van der Waals surface area contributed by atoms with Crippen LogP contribution in [0.1, 0.15) is 235 Å². The number of hydrogen-bond donors (Lipinski definition) is 3. The van der Waals surface area contributed by atoms with Gasteiger partial charge in [-0.15, -0.1) is 86.1 Å². The second-order valence-electron chi connectivity index (χ2n) is 32.0. The standard InChI is InChI=1S/C25H29ClN4O3S.C23H21Br2ClN4O3S.C23H25ClN4O3S.C23H25ClN4O2S/c1-15-16(2)34-25-22(15)23(18-8-10-19(26)11-9-18)27-20(24-29-28-17(3)30(24)25)14-21(32)33-13-7-5-4-6-12-31;1-11-12(2)34-23-20(11)21(14-4-6-15(26)7-5-14)27-18(22-29-28-13(3)30(22)23)8-19(32)33-10-17(25)16(24)9-31;1-12(10-29)11-31-19(30)9-18-22-27-26-15(4)28(22)23-20(13(2)14(3)32-23)21(25-18)16-5-7-17(24)8-6-16;1-5-6-11-30-19(29)12-18-22-27-26-15(4)28(22)23-20(13(2)14(3)31-23)21(25-18)16-7-9-17(24)10-8-16/h8-11,20,31H,4-7,12-14H2,1-3H3;4-7,18,31H,8-10H2,1-3H3;5-8,12,18,29H,9-11H2,1-4H3;7-10,18H,5-6,11-12H2,1-4H3/b;17-16+;;/t20-;18-;12?,18-;18-/m1111/s1. The maximum atomic E-state index is 12.8. The van der Waals surface area contributed by atoms with E-state index in [2.05, 4.69) is 135 Å². The molecular formula is C94H100Br2Cl4N16O11S4. The average molecular weight is 2060 g/mol. The highest BCUT2D eigenvalue weighted by atomic mass is 79.9. The molecule has 4 aliphatic rings. The molecule has 27 nitrogen and oxygen atoms in total. The van der Waals surface area contributed by atoms with Crippen molar-refractivity contribution < 1.29 is 53.4 Å². The first-order valence-electron chi connectivity index (χ1n) is 42.7. The van der Waals surface area contributed by atoms with Crippen LogP contribution in [0.4, 0.5) is 0 Å². The zero-order chi connectivity index (χ0) is 93.9. The van der Waals surface area contributed by atoms with Crippen molar-refractivity contribution in [3.8, 4) is 20.0 Å². The lowest BCUT2D eigenvalue weighted by atomic mass is 9.99. The number of esters is 4. The first-order chi connectivity index (χ1) is 62.8. The summed E-state index contributed by atoms with van der Waals surface area (Å²) in [7, 11) is 0. The Bertz CT molecular complexity index is 6360. The van der Waals surface area contributed by atoms with Crippen molar-refractivity contribution in [1.82, 2.24) is 59.1 Å². The summed E-state index contributed by atoms with van der Waals surface area (Å²) in [5, 5.41) is 68.7. The molecule has 12 heterocycles. The van der Waals surface area contributed by atoms with Crippen LogP contribution in [0.15, 0.2) is 126 Å². The summed E-state index contributed by atoms with van der Waals surface area (Å²) >= 11 is 37.8. The third kappa shape index (κ3) is 22.6. The summed E-state index contributed by atoms with van der Waals surface area (Å²) in [5.74, 6) is 3.97. The topological polar surface area (TPSA) is 338 Å². The predicted molar refractivity (Wildman–Crippen MR) is 524 cm³/mol. The summed E-state index contributed by atoms with van der Waals surface area (Å²) in [5.41, 5.74) is 15.6. The quantitative estimate of drug-likeness (QED) is 0.0244. The minimum Gasteiger partial charge on any atom is -0.466 e. The zero-order valence-electron chi connectivity index (χ0n) is 74.8. The Kier molecular flexibility index (Phi) is 33.7. The second-order valence-corrected chi connectivity index (χ2v) is 40.4. The molecule has 0 saturated heterocycles. The molecule has 0 aliphatic carbocycles. The molecule has 1 unspecified atom stereocenters. The highest BCUT2D eigenvalue weighted by Crippen LogP contribution is 2.46. The average Bonchev–Trinajstić information content (AvgIpc) is 1.61. The van der Waals surface area contributed by atoms with E-state index < -0.39 is 30.1 Å². The van der Waals surface area contributed by atoms with Crippen LogP contribution in [0.25, 0.3) is 20.0 Å². The Morgan fingerprint density at radius 1 is 0.382 bits per heavy atom. The minimum atomic E-state index is -0.595. The smallest absolute Gasteiger partial charge is 0.308 e. The third-order valence-corrected chi connectivity index (χ3v) is 30.3. The first kappa shape index (κ1) is 99.0. The van der Waals surface area contributed by atoms with Gasteiger partial charge in [0.05, 0.1) is 75.0 Å². The Balaban J connectivity index is 0.000000149. The lowest BCUT2D eigenvalue weighted by molar-refractivity contribution is -0.146. The lowest BCUT2D eigenvalue weighted by Gasteiger charge is -2.14. The van der Waals surface area contributed by atoms with Crippen molar-refractivity contribution in [2.45, 2.75) is 185 Å². The van der Waals surface area contributed by atoms with Gasteiger partial charge in [-0.05, 0) is 180 Å². The van der Waals surface area contributed by atoms with Crippen LogP contribution in [0.5, 0.6) is 0 Å². The van der Waals surface area contributed by atoms with E-state index in [1.165, 1.54) is 25.1 Å². The molecule has 131 heavy (non-hydrogen) atoms. The van der Waals surface area contributed by atoms with E-state index in [0.717, 1.165) is 166 Å². The fourth-order valence-electron chi connectivity index (χ4n) is 15.1. The van der Waals surface area contributed by atoms with Crippen LogP contribution in [0.3, 0.4) is 0 Å². The molecule has 4 aromatic carbocycles. The summed E-state index contributed by atoms with van der Waals surface area (Å²) in [6.07, 6.45) is 5.43. The number of aliphatic hydroxyl groups is 3. The molecule has 0 bridgehead atoms. The maximum Gasteiger partial charge on any atom is 0.308 e. The number of nitrogens with zero attached hydrogens (tertiary/aromatic N) is 16. The number of hydrogen-bond acceptors (Lipinski definition) is 27. The number of carbonyl (C=O) groups is 4. The van der Waals surface area contributed by atoms with Gasteiger partial charge in [-0.1, -0.05) is 153 Å². The number of aromatic nitrogens is 12. The number of thiophene rings is 4. The van der Waals surface area contributed by atoms with Gasteiger partial charge in [-0.3, -0.25) is 57.4 Å². The minimum absolute atomic E-state index is 0.00217. The molecule has 0 fully saturated rings. The number of aliphatic imine (C=N–C) groups is 4. The van der Waals surface area contributed by atoms with Gasteiger partial charge in [0.25, 0.3) is 0 Å². The van der Waals surface area contributed by atoms with Gasteiger partial charge in [-0.2, -0.15) is 0 Å². The van der Waals surface area contributed by atoms with Gasteiger partial charge in [0.15, 0.2) is 23.3 Å². The Morgan fingerprint density at radius 2 is 0.656 bits per heavy atom. The highest BCUT2D eigenvalue weighted by Gasteiger charge is 2.39. The molecule has 0 saturated carbocycles. The van der Waals surface area contributed by atoms with E-state index in [9.17, 15) is 29.4 Å². The lowest BCUT2D eigenvalue weighted by Crippen LogP contribution is -2.17. The van der Waals surface area contributed by atoms with Crippen molar-refractivity contribution in [3.05, 3.63) is 259 Å². The number of ether oxygens (including phenoxy) is 4. The van der Waals surface area contributed by atoms with Crippen molar-refractivity contribution >= 4 is 170 Å². The molecule has 0 amide bonds. The number of unbranched alkanes of at least 4 members (excludes halogenated alkanes) is 4. The third-order valence-electron chi connectivity index (χ3n) is 22.6. The van der Waals surface area contributed by atoms with Gasteiger partial charge < -0.3 is 34.3 Å². The van der Waals surface area contributed by atoms with E-state index in [4.69, 9.17) is 90.4 Å². The summed E-state index contributed by atoms with van der Waals surface area (Å²) in [4.78, 5) is 75.8. The number of benzene rings is 4. The molecule has 12 aromatic rings. The largest absolute Gasteiger partial charge is 0.466 e. The molecule has 0 spiro atoms. The van der Waals surface area contributed by atoms with Gasteiger partial charge in [0.1, 0.15) is 74.1 Å². The zero-order valence-corrected chi connectivity index (χ0v) is 84.3. The van der Waals surface area contributed by atoms with E-state index in [1.54, 1.807) is 45.3 Å². The Hall–Kier alpha value is -9.46. The summed E-state index contributed by atoms with van der Waals surface area (Å²) in [6, 6.07) is 28.2. The van der Waals surface area contributed by atoms with Gasteiger partial charge >= 0.3 is 23.9 Å². The Morgan fingerprint density at radius 3 is 0.931 bits per heavy atom. The van der Waals surface area contributed by atoms with Crippen LogP contribution in [-0.2, 0) is 38.1 Å². The molecule has 4 aliphatic heterocycles. The molecule has 8 aromatic heterocycles. The Labute approximate surface area is 812 Å². The number of halogens is 6. The van der Waals surface area contributed by atoms with Gasteiger partial charge in [-0.25, -0.2) is 0 Å². The SMILES string of the molecule is CCCCOC(=O)C[C@H]1N=C(c2ccc(Cl)cc2)c2c(sc(C)c2C)-n2c(C)nnc21.Cc1sc2c(c1C)C(c1ccc(Cl)cc1)=N[C@H](CC(=O)OC/C(Br)=C(\Br)CO)c1nnc(C)n1-2.Cc1sc2c(c1C)C(c1ccc(Cl)cc1)=N[C@H](CC(=O)OCC(C)CO)c1nnc(C)n1-2.Cc1sc2c(c1C)C(c1ccc(Cl)cc1)=N[C@H](CC(=O)OCCCCCCO)c1nnc(C)n1-2. The normalized spacial score (nSPS) is 15.4. The number of aryl methyl sites for hydroxylation is 8. The first-order valence-corrected chi connectivity index (χ1v) is 49.1. The molecule has 3 N–H and O–H groups in total. The summed E-state index contributed by atoms with van der Waals surface area (Å²) in [6.45, 7) is 29.2. The second kappa shape index (κ2) is 44.6. The van der Waals surface area contributed by atoms with E-state index in [1.807, 2.05) is 150 Å². The fraction of sp³-hybridized carbons (Fsp3) is 0.383. The fourth-order valence-corrected chi connectivity index (χ4v) is 20.8. The van der Waals surface area contributed by atoms with Crippen LogP contribution < -0.4 is 0 Å². The van der Waals surface area contributed by atoms with Gasteiger partial charge in [0, 0.05) is 112 Å². The molecule has 0 radical (unpaired) electrons. The highest BCUT2D eigenvalue weighted by molar-refractivity contribution is 9.14. The monoisotopic (exact) mass is 2050 g/mol. The van der Waals surface area contributed by atoms with Crippen LogP contribution >= 0.6 is 124 Å². The van der Waals surface area contributed by atoms with E-state index in [0.29, 0.717) is 65.6 Å². The van der Waals surface area contributed by atoms with Crippen molar-refractivity contribution in [1.29, 1.82) is 0 Å². The number of fused-ring (bicyclic) bond motifs is 12. The van der Waals surface area contributed by atoms with Crippen LogP contribution in [0, 0.1) is 89.0 Å². The van der Waals surface area contributed by atoms with E-state index in [-0.39, 0.29) is 82.5 Å². The number of rotatable bonds is 27. The van der Waals surface area contributed by atoms with Crippen molar-refractivity contribution in [3.63, 3.8) is 0 Å². The number of aliphatic hydroxyl groups excluding tert-OH is 3. The maximum absolute atomic E-state index is 12.8. The van der Waals surface area contributed by atoms with Crippen LogP contribution in [-0.4, -0.2) is 167 Å². The number of carbonyl (C=O) groups excluding carboxylic acids is 4. The van der Waals surface area contributed by atoms with Gasteiger partial charge in [0.2, 0.25) is 0 Å². The van der Waals surface area contributed by atoms with Crippen LogP contribution in [0.2, 0.25) is 20.1 Å². The molecule has 688 valence electrons. The predicted octanol–water partition coefficient (Wildman–Crippen LogP) is 20.9. The molecular weight excluding hydrogens is 1960 g/mol.